The van der Waals surface area contributed by atoms with Crippen LogP contribution in [0.2, 0.25) is 0 Å². The molecule has 0 unspecified atom stereocenters. The summed E-state index contributed by atoms with van der Waals surface area (Å²) in [5, 5.41) is 11.8. The molecule has 2 aromatic carbocycles. The number of thiazole rings is 1. The van der Waals surface area contributed by atoms with Crippen LogP contribution < -0.4 is 21.2 Å². The van der Waals surface area contributed by atoms with Crippen LogP contribution in [0.1, 0.15) is 16.0 Å². The Morgan fingerprint density at radius 3 is 2.65 bits per heavy atom. The van der Waals surface area contributed by atoms with Crippen molar-refractivity contribution in [1.29, 1.82) is 0 Å². The van der Waals surface area contributed by atoms with E-state index in [2.05, 4.69) is 20.9 Å². The summed E-state index contributed by atoms with van der Waals surface area (Å²) in [6.07, 6.45) is 3.63. The summed E-state index contributed by atoms with van der Waals surface area (Å²) in [5.41, 5.74) is 9.52. The third-order valence-electron chi connectivity index (χ3n) is 4.26. The van der Waals surface area contributed by atoms with Crippen molar-refractivity contribution < 1.29 is 5.11 Å². The van der Waals surface area contributed by atoms with Crippen molar-refractivity contribution in [3.05, 3.63) is 83.3 Å². The number of hydrogen-bond acceptors (Lipinski definition) is 5. The highest BCUT2D eigenvalue weighted by Gasteiger charge is 2.14. The number of fused-ring (bicyclic) bond motifs is 1. The molecule has 0 radical (unpaired) electrons. The highest BCUT2D eigenvalue weighted by atomic mass is 79.9. The van der Waals surface area contributed by atoms with E-state index >= 15 is 0 Å². The van der Waals surface area contributed by atoms with Crippen LogP contribution in [-0.2, 0) is 7.05 Å². The molecule has 5 nitrogen and oxygen atoms in total. The highest BCUT2D eigenvalue weighted by Crippen LogP contribution is 2.25. The van der Waals surface area contributed by atoms with E-state index in [1.165, 1.54) is 4.57 Å². The van der Waals surface area contributed by atoms with Gasteiger partial charge in [0.25, 0.3) is 0 Å². The Morgan fingerprint density at radius 1 is 1.27 bits per heavy atom. The molecule has 1 aliphatic heterocycles. The summed E-state index contributed by atoms with van der Waals surface area (Å²) in [6.45, 7) is 0. The number of anilines is 1. The topological polar surface area (TPSA) is 80.6 Å². The zero-order chi connectivity index (χ0) is 18.4. The largest absolute Gasteiger partial charge is 0.493 e. The summed E-state index contributed by atoms with van der Waals surface area (Å²) in [5.74, 6) is -0.0358. The highest BCUT2D eigenvalue weighted by molar-refractivity contribution is 9.10. The molecule has 0 saturated carbocycles. The van der Waals surface area contributed by atoms with Crippen LogP contribution in [0.5, 0.6) is 5.88 Å². The van der Waals surface area contributed by atoms with Gasteiger partial charge < -0.3 is 10.8 Å². The third kappa shape index (κ3) is 2.79. The molecule has 0 fully saturated rings. The molecule has 1 aromatic heterocycles. The molecule has 130 valence electrons. The lowest BCUT2D eigenvalue weighted by Gasteiger charge is -2.06. The summed E-state index contributed by atoms with van der Waals surface area (Å²) in [7, 11) is 1.55. The van der Waals surface area contributed by atoms with E-state index in [0.29, 0.717) is 10.6 Å². The summed E-state index contributed by atoms with van der Waals surface area (Å²) in [6, 6.07) is 11.6. The van der Waals surface area contributed by atoms with Gasteiger partial charge in [-0.25, -0.2) is 0 Å². The standard InChI is InChI=1S/C19H14BrN3O2S/c1-23-18(24)17(26-19(23)25)7-11-6-13-14(9-22-16(13)8-15(11)20)10-2-4-12(21)5-3-10/h2-9,24H,21H2,1H3/b11-7+. The quantitative estimate of drug-likeness (QED) is 0.615. The lowest BCUT2D eigenvalue weighted by molar-refractivity contribution is 0.428. The number of hydrogen-bond donors (Lipinski definition) is 2. The van der Waals surface area contributed by atoms with Gasteiger partial charge in [0.1, 0.15) is 0 Å². The Kier molecular flexibility index (Phi) is 4.05. The average molecular weight is 428 g/mol. The first-order valence-corrected chi connectivity index (χ1v) is 9.39. The van der Waals surface area contributed by atoms with Gasteiger partial charge in [0, 0.05) is 34.5 Å². The summed E-state index contributed by atoms with van der Waals surface area (Å²) in [4.78, 5) is 16.5. The number of benzene rings is 2. The smallest absolute Gasteiger partial charge is 0.310 e. The van der Waals surface area contributed by atoms with E-state index in [1.54, 1.807) is 13.1 Å². The number of aromatic nitrogens is 1. The Bertz CT molecular complexity index is 1240. The van der Waals surface area contributed by atoms with Crippen LogP contribution in [-0.4, -0.2) is 9.67 Å². The maximum absolute atomic E-state index is 11.7. The minimum atomic E-state index is -0.205. The lowest BCUT2D eigenvalue weighted by Crippen LogP contribution is -2.14. The molecule has 1 aliphatic rings. The molecule has 0 saturated heterocycles. The molecular weight excluding hydrogens is 414 g/mol. The minimum Gasteiger partial charge on any atom is -0.493 e. The van der Waals surface area contributed by atoms with Crippen molar-refractivity contribution in [2.75, 3.05) is 5.73 Å². The maximum Gasteiger partial charge on any atom is 0.310 e. The first-order chi connectivity index (χ1) is 12.4. The number of rotatable bonds is 2. The monoisotopic (exact) mass is 427 g/mol. The van der Waals surface area contributed by atoms with Crippen LogP contribution in [0, 0.1) is 0 Å². The Balaban J connectivity index is 1.87. The number of nitrogens with two attached hydrogens (primary N) is 1. The van der Waals surface area contributed by atoms with E-state index in [4.69, 9.17) is 5.73 Å². The molecule has 0 bridgehead atoms. The summed E-state index contributed by atoms with van der Waals surface area (Å²) >= 11 is 4.56. The van der Waals surface area contributed by atoms with Crippen molar-refractivity contribution in [3.63, 3.8) is 0 Å². The molecule has 0 aliphatic carbocycles. The molecule has 7 heteroatoms. The van der Waals surface area contributed by atoms with Crippen LogP contribution in [0.25, 0.3) is 11.6 Å². The Hall–Kier alpha value is -2.64. The van der Waals surface area contributed by atoms with Crippen LogP contribution in [0.15, 0.2) is 56.9 Å². The predicted molar refractivity (Wildman–Crippen MR) is 108 cm³/mol. The third-order valence-corrected chi connectivity index (χ3v) is 5.91. The van der Waals surface area contributed by atoms with Crippen molar-refractivity contribution in [1.82, 2.24) is 4.57 Å². The number of halogens is 1. The van der Waals surface area contributed by atoms with Crippen molar-refractivity contribution in [2.24, 2.45) is 12.0 Å². The first kappa shape index (κ1) is 16.8. The van der Waals surface area contributed by atoms with Crippen LogP contribution in [0.3, 0.4) is 0 Å². The zero-order valence-corrected chi connectivity index (χ0v) is 16.1. The number of aromatic hydroxyl groups is 1. The number of nitrogens with zero attached hydrogens (tertiary/aromatic N) is 2. The Labute approximate surface area is 161 Å². The van der Waals surface area contributed by atoms with Gasteiger partial charge in [-0.2, -0.15) is 0 Å². The summed E-state index contributed by atoms with van der Waals surface area (Å²) < 4.78 is 2.07. The normalized spacial score (nSPS) is 13.5. The minimum absolute atomic E-state index is 0.0358. The van der Waals surface area contributed by atoms with E-state index in [-0.39, 0.29) is 10.8 Å². The van der Waals surface area contributed by atoms with Crippen LogP contribution >= 0.6 is 27.3 Å². The van der Waals surface area contributed by atoms with Crippen molar-refractivity contribution in [3.8, 4) is 5.88 Å². The van der Waals surface area contributed by atoms with Gasteiger partial charge in [-0.05, 0) is 41.1 Å². The fraction of sp³-hybridized carbons (Fsp3) is 0.0526. The Morgan fingerprint density at radius 2 is 2.00 bits per heavy atom. The van der Waals surface area contributed by atoms with E-state index in [0.717, 1.165) is 43.1 Å². The molecule has 3 aromatic rings. The van der Waals surface area contributed by atoms with Gasteiger partial charge in [0.05, 0.1) is 10.2 Å². The maximum atomic E-state index is 11.7. The van der Waals surface area contributed by atoms with Gasteiger partial charge >= 0.3 is 4.87 Å². The molecule has 0 spiro atoms. The van der Waals surface area contributed by atoms with Crippen molar-refractivity contribution >= 4 is 44.6 Å². The fourth-order valence-electron chi connectivity index (χ4n) is 2.80. The van der Waals surface area contributed by atoms with E-state index < -0.39 is 0 Å². The van der Waals surface area contributed by atoms with Gasteiger partial charge in [-0.1, -0.05) is 39.4 Å². The van der Waals surface area contributed by atoms with Gasteiger partial charge in [0.15, 0.2) is 0 Å². The first-order valence-electron chi connectivity index (χ1n) is 7.78. The fourth-order valence-corrected chi connectivity index (χ4v) is 4.08. The van der Waals surface area contributed by atoms with Crippen molar-refractivity contribution in [2.45, 2.75) is 0 Å². The molecule has 4 rings (SSSR count). The zero-order valence-electron chi connectivity index (χ0n) is 13.7. The second-order valence-corrected chi connectivity index (χ2v) is 7.79. The lowest BCUT2D eigenvalue weighted by atomic mass is 9.99. The molecule has 0 amide bonds. The molecule has 0 atom stereocenters. The molecule has 2 heterocycles. The van der Waals surface area contributed by atoms with Gasteiger partial charge in [0.2, 0.25) is 5.88 Å². The van der Waals surface area contributed by atoms with E-state index in [1.807, 2.05) is 42.6 Å². The second-order valence-electron chi connectivity index (χ2n) is 5.94. The van der Waals surface area contributed by atoms with Gasteiger partial charge in [-0.15, -0.1) is 0 Å². The second kappa shape index (κ2) is 6.26. The molecule has 26 heavy (non-hydrogen) atoms. The SMILES string of the molecule is Cn1c(O)c(/C=c2\cc3c(cc2Br)=NC=C3c2ccc(N)cc2)sc1=O. The predicted octanol–water partition coefficient (Wildman–Crippen LogP) is 2.35. The van der Waals surface area contributed by atoms with Gasteiger partial charge in [-0.3, -0.25) is 14.4 Å². The van der Waals surface area contributed by atoms with Crippen LogP contribution in [0.4, 0.5) is 5.69 Å². The van der Waals surface area contributed by atoms with E-state index in [9.17, 15) is 9.90 Å². The average Bonchev–Trinajstić information content (AvgIpc) is 3.12. The molecule has 3 N–H and O–H groups in total. The number of nitrogen functional groups attached to an aromatic ring is 1. The molecular formula is C19H14BrN3O2S.